The quantitative estimate of drug-likeness (QED) is 0.580. The normalized spacial score (nSPS) is 22.5. The van der Waals surface area contributed by atoms with Crippen molar-refractivity contribution in [2.45, 2.75) is 40.0 Å². The Hall–Kier alpha value is -0.180. The van der Waals surface area contributed by atoms with Crippen LogP contribution in [-0.2, 0) is 4.79 Å². The van der Waals surface area contributed by atoms with E-state index in [2.05, 4.69) is 33.4 Å². The number of hydrogen-bond acceptors (Lipinski definition) is 2. The van der Waals surface area contributed by atoms with Gasteiger partial charge in [-0.2, -0.15) is 12.6 Å². The summed E-state index contributed by atoms with van der Waals surface area (Å²) in [5.74, 6) is 1.79. The summed E-state index contributed by atoms with van der Waals surface area (Å²) in [4.78, 5) is 13.8. The van der Waals surface area contributed by atoms with Crippen molar-refractivity contribution >= 4 is 18.5 Å². The summed E-state index contributed by atoms with van der Waals surface area (Å²) < 4.78 is 0. The van der Waals surface area contributed by atoms with Crippen LogP contribution in [0, 0.1) is 11.3 Å². The van der Waals surface area contributed by atoms with Crippen molar-refractivity contribution in [3.05, 3.63) is 0 Å². The fourth-order valence-corrected chi connectivity index (χ4v) is 2.21. The Morgan fingerprint density at radius 1 is 1.40 bits per heavy atom. The van der Waals surface area contributed by atoms with Crippen molar-refractivity contribution < 1.29 is 4.79 Å². The van der Waals surface area contributed by atoms with Gasteiger partial charge in [-0.05, 0) is 29.9 Å². The highest BCUT2D eigenvalue weighted by atomic mass is 32.1. The average Bonchev–Trinajstić information content (AvgIpc) is 2.48. The number of carbonyl (C=O) groups excluding carboxylic acids is 1. The largest absolute Gasteiger partial charge is 0.342 e. The third-order valence-electron chi connectivity index (χ3n) is 3.28. The Bertz CT molecular complexity index is 222. The molecular weight excluding hydrogens is 206 g/mol. The van der Waals surface area contributed by atoms with Gasteiger partial charge in [-0.25, -0.2) is 0 Å². The standard InChI is InChI=1S/C12H23NOS/c1-12(2,3)10-8-11(14)13(9-10)6-4-5-7-15/h10,15H,4-9H2,1-3H3. The number of unbranched alkanes of at least 4 members (excludes halogenated alkanes) is 1. The fourth-order valence-electron chi connectivity index (χ4n) is 1.98. The van der Waals surface area contributed by atoms with E-state index in [1.165, 1.54) is 0 Å². The molecule has 1 amide bonds. The lowest BCUT2D eigenvalue weighted by atomic mass is 9.80. The van der Waals surface area contributed by atoms with Gasteiger partial charge < -0.3 is 4.90 Å². The van der Waals surface area contributed by atoms with Crippen LogP contribution in [0.5, 0.6) is 0 Å². The molecule has 2 nitrogen and oxygen atoms in total. The summed E-state index contributed by atoms with van der Waals surface area (Å²) in [6, 6.07) is 0. The first-order chi connectivity index (χ1) is 6.95. The van der Waals surface area contributed by atoms with Gasteiger partial charge in [0.05, 0.1) is 0 Å². The predicted octanol–water partition coefficient (Wildman–Crippen LogP) is 2.59. The molecule has 0 saturated carbocycles. The van der Waals surface area contributed by atoms with E-state index in [0.717, 1.165) is 38.1 Å². The van der Waals surface area contributed by atoms with Gasteiger partial charge in [-0.15, -0.1) is 0 Å². The molecule has 1 fully saturated rings. The monoisotopic (exact) mass is 229 g/mol. The summed E-state index contributed by atoms with van der Waals surface area (Å²) in [5.41, 5.74) is 0.258. The van der Waals surface area contributed by atoms with Crippen molar-refractivity contribution in [2.24, 2.45) is 11.3 Å². The number of amides is 1. The van der Waals surface area contributed by atoms with Crippen LogP contribution >= 0.6 is 12.6 Å². The highest BCUT2D eigenvalue weighted by Crippen LogP contribution is 2.34. The second kappa shape index (κ2) is 5.24. The van der Waals surface area contributed by atoms with Gasteiger partial charge in [0.15, 0.2) is 0 Å². The number of hydrogen-bond donors (Lipinski definition) is 1. The number of carbonyl (C=O) groups is 1. The molecule has 3 heteroatoms. The topological polar surface area (TPSA) is 20.3 Å². The fraction of sp³-hybridized carbons (Fsp3) is 0.917. The van der Waals surface area contributed by atoms with Gasteiger partial charge in [-0.1, -0.05) is 20.8 Å². The molecule has 1 heterocycles. The molecule has 15 heavy (non-hydrogen) atoms. The lowest BCUT2D eigenvalue weighted by Crippen LogP contribution is -2.28. The molecule has 1 aliphatic rings. The number of thiol groups is 1. The zero-order chi connectivity index (χ0) is 11.5. The molecule has 0 N–H and O–H groups in total. The first-order valence-corrected chi connectivity index (χ1v) is 6.47. The molecule has 0 aromatic heterocycles. The highest BCUT2D eigenvalue weighted by molar-refractivity contribution is 7.80. The molecule has 1 saturated heterocycles. The maximum Gasteiger partial charge on any atom is 0.222 e. The van der Waals surface area contributed by atoms with Crippen LogP contribution in [0.2, 0.25) is 0 Å². The lowest BCUT2D eigenvalue weighted by Gasteiger charge is -2.26. The lowest BCUT2D eigenvalue weighted by molar-refractivity contribution is -0.127. The second-order valence-corrected chi connectivity index (χ2v) is 5.98. The highest BCUT2D eigenvalue weighted by Gasteiger charge is 2.36. The van der Waals surface area contributed by atoms with Gasteiger partial charge in [0.25, 0.3) is 0 Å². The van der Waals surface area contributed by atoms with E-state index in [1.807, 2.05) is 4.90 Å². The predicted molar refractivity (Wildman–Crippen MR) is 67.2 cm³/mol. The number of rotatable bonds is 4. The van der Waals surface area contributed by atoms with Crippen LogP contribution in [0.3, 0.4) is 0 Å². The van der Waals surface area contributed by atoms with Crippen LogP contribution < -0.4 is 0 Å². The number of likely N-dealkylation sites (tertiary alicyclic amines) is 1. The van der Waals surface area contributed by atoms with Crippen LogP contribution in [0.15, 0.2) is 0 Å². The van der Waals surface area contributed by atoms with Crippen LogP contribution in [0.4, 0.5) is 0 Å². The molecule has 1 rings (SSSR count). The second-order valence-electron chi connectivity index (χ2n) is 5.54. The SMILES string of the molecule is CC(C)(C)C1CC(=O)N(CCCCS)C1. The minimum Gasteiger partial charge on any atom is -0.342 e. The van der Waals surface area contributed by atoms with E-state index in [4.69, 9.17) is 0 Å². The molecular formula is C12H23NOS. The van der Waals surface area contributed by atoms with E-state index < -0.39 is 0 Å². The van der Waals surface area contributed by atoms with Crippen LogP contribution in [-0.4, -0.2) is 29.6 Å². The number of nitrogens with zero attached hydrogens (tertiary/aromatic N) is 1. The minimum atomic E-state index is 0.258. The average molecular weight is 229 g/mol. The van der Waals surface area contributed by atoms with Gasteiger partial charge in [-0.3, -0.25) is 4.79 Å². The maximum atomic E-state index is 11.7. The summed E-state index contributed by atoms with van der Waals surface area (Å²) in [6.45, 7) is 8.55. The van der Waals surface area contributed by atoms with E-state index >= 15 is 0 Å². The molecule has 0 radical (unpaired) electrons. The Morgan fingerprint density at radius 2 is 2.07 bits per heavy atom. The Balaban J connectivity index is 2.39. The Kier molecular flexibility index (Phi) is 4.50. The first kappa shape index (κ1) is 12.9. The van der Waals surface area contributed by atoms with Gasteiger partial charge in [0.2, 0.25) is 5.91 Å². The van der Waals surface area contributed by atoms with Crippen molar-refractivity contribution in [1.29, 1.82) is 0 Å². The first-order valence-electron chi connectivity index (χ1n) is 5.84. The Labute approximate surface area is 98.8 Å². The van der Waals surface area contributed by atoms with E-state index in [9.17, 15) is 4.79 Å². The molecule has 0 aromatic rings. The molecule has 0 bridgehead atoms. The molecule has 88 valence electrons. The molecule has 0 aliphatic carbocycles. The van der Waals surface area contributed by atoms with Crippen LogP contribution in [0.25, 0.3) is 0 Å². The van der Waals surface area contributed by atoms with Gasteiger partial charge in [0.1, 0.15) is 0 Å². The smallest absolute Gasteiger partial charge is 0.222 e. The van der Waals surface area contributed by atoms with Gasteiger partial charge in [0, 0.05) is 19.5 Å². The summed E-state index contributed by atoms with van der Waals surface area (Å²) in [6.07, 6.45) is 2.93. The van der Waals surface area contributed by atoms with Crippen molar-refractivity contribution in [3.8, 4) is 0 Å². The van der Waals surface area contributed by atoms with E-state index in [1.54, 1.807) is 0 Å². The van der Waals surface area contributed by atoms with Gasteiger partial charge >= 0.3 is 0 Å². The van der Waals surface area contributed by atoms with Crippen molar-refractivity contribution in [3.63, 3.8) is 0 Å². The summed E-state index contributed by atoms with van der Waals surface area (Å²) in [7, 11) is 0. The van der Waals surface area contributed by atoms with Crippen molar-refractivity contribution in [2.75, 3.05) is 18.8 Å². The molecule has 1 aliphatic heterocycles. The van der Waals surface area contributed by atoms with Crippen molar-refractivity contribution in [1.82, 2.24) is 4.90 Å². The molecule has 1 unspecified atom stereocenters. The maximum absolute atomic E-state index is 11.7. The Morgan fingerprint density at radius 3 is 2.53 bits per heavy atom. The zero-order valence-corrected chi connectivity index (χ0v) is 11.0. The minimum absolute atomic E-state index is 0.258. The molecule has 0 spiro atoms. The third kappa shape index (κ3) is 3.71. The summed E-state index contributed by atoms with van der Waals surface area (Å²) >= 11 is 4.18. The zero-order valence-electron chi connectivity index (χ0n) is 10.1. The third-order valence-corrected chi connectivity index (χ3v) is 3.59. The van der Waals surface area contributed by atoms with E-state index in [-0.39, 0.29) is 5.41 Å². The molecule has 0 aromatic carbocycles. The molecule has 1 atom stereocenters. The van der Waals surface area contributed by atoms with E-state index in [0.29, 0.717) is 11.8 Å². The summed E-state index contributed by atoms with van der Waals surface area (Å²) in [5, 5.41) is 0. The van der Waals surface area contributed by atoms with Crippen LogP contribution in [0.1, 0.15) is 40.0 Å².